The molecule has 2 N–H and O–H groups in total. The first-order valence-electron chi connectivity index (χ1n) is 6.36. The van der Waals surface area contributed by atoms with Crippen molar-refractivity contribution in [2.75, 3.05) is 33.0 Å². The Hall–Kier alpha value is -1.43. The molecule has 5 nitrogen and oxygen atoms in total. The van der Waals surface area contributed by atoms with Gasteiger partial charge in [-0.15, -0.1) is 13.2 Å². The highest BCUT2D eigenvalue weighted by Gasteiger charge is 2.28. The molecule has 116 valence electrons. The van der Waals surface area contributed by atoms with Crippen molar-refractivity contribution in [2.45, 2.75) is 13.3 Å². The summed E-state index contributed by atoms with van der Waals surface area (Å²) in [4.78, 5) is 10.7. The van der Waals surface area contributed by atoms with Crippen LogP contribution in [0.3, 0.4) is 0 Å². The molecule has 0 rings (SSSR count). The Morgan fingerprint density at radius 3 is 1.95 bits per heavy atom. The van der Waals surface area contributed by atoms with Gasteiger partial charge in [0, 0.05) is 6.08 Å². The average molecular weight is 286 g/mol. The number of carbonyl (C=O) groups excluding carboxylic acids is 1. The van der Waals surface area contributed by atoms with Crippen molar-refractivity contribution >= 4 is 5.97 Å². The molecule has 20 heavy (non-hydrogen) atoms. The smallest absolute Gasteiger partial charge is 0.330 e. The number of aliphatic hydroxyl groups excluding tert-OH is 2. The van der Waals surface area contributed by atoms with Gasteiger partial charge in [0.05, 0.1) is 31.8 Å². The fourth-order valence-corrected chi connectivity index (χ4v) is 0.985. The highest BCUT2D eigenvalue weighted by molar-refractivity contribution is 5.81. The molecule has 0 saturated carbocycles. The Balaban J connectivity index is 0. The number of esters is 1. The van der Waals surface area contributed by atoms with Crippen molar-refractivity contribution < 1.29 is 24.5 Å². The molecule has 0 unspecified atom stereocenters. The third-order valence-corrected chi connectivity index (χ3v) is 2.58. The maximum atomic E-state index is 10.7. The first-order valence-corrected chi connectivity index (χ1v) is 6.36. The lowest BCUT2D eigenvalue weighted by atomic mass is 9.88. The topological polar surface area (TPSA) is 76.0 Å². The standard InChI is InChI=1S/C9H16O4.C6H10O/c1-3-8(12)13-7-9(4-2,5-10)6-11;1-3-5-7-6-4-2/h3,10-11H,1,4-7H2,2H3;3-4H,1-2,5-6H2. The van der Waals surface area contributed by atoms with Crippen molar-refractivity contribution in [3.8, 4) is 0 Å². The molecule has 0 spiro atoms. The van der Waals surface area contributed by atoms with Crippen LogP contribution in [0.5, 0.6) is 0 Å². The average Bonchev–Trinajstić information content (AvgIpc) is 2.50. The molecule has 0 aromatic carbocycles. The number of hydrogen-bond acceptors (Lipinski definition) is 5. The summed E-state index contributed by atoms with van der Waals surface area (Å²) >= 11 is 0. The quantitative estimate of drug-likeness (QED) is 0.275. The van der Waals surface area contributed by atoms with Gasteiger partial charge in [0.2, 0.25) is 0 Å². The molecular formula is C15H26O5. The zero-order valence-corrected chi connectivity index (χ0v) is 12.2. The van der Waals surface area contributed by atoms with Gasteiger partial charge in [0.25, 0.3) is 0 Å². The summed E-state index contributed by atoms with van der Waals surface area (Å²) in [5.74, 6) is -0.542. The molecule has 0 aliphatic rings. The van der Waals surface area contributed by atoms with E-state index < -0.39 is 11.4 Å². The van der Waals surface area contributed by atoms with Crippen molar-refractivity contribution in [1.29, 1.82) is 0 Å². The molecule has 0 aliphatic heterocycles. The summed E-state index contributed by atoms with van der Waals surface area (Å²) in [7, 11) is 0. The number of carbonyl (C=O) groups is 1. The maximum Gasteiger partial charge on any atom is 0.330 e. The molecule has 0 amide bonds. The lowest BCUT2D eigenvalue weighted by Gasteiger charge is -2.27. The second-order valence-corrected chi connectivity index (χ2v) is 4.10. The van der Waals surface area contributed by atoms with E-state index in [0.717, 1.165) is 6.08 Å². The van der Waals surface area contributed by atoms with Crippen molar-refractivity contribution in [3.63, 3.8) is 0 Å². The van der Waals surface area contributed by atoms with Gasteiger partial charge in [-0.2, -0.15) is 0 Å². The first kappa shape index (κ1) is 20.9. The van der Waals surface area contributed by atoms with Crippen LogP contribution in [0.1, 0.15) is 13.3 Å². The molecule has 0 aromatic rings. The molecule has 5 heteroatoms. The van der Waals surface area contributed by atoms with Crippen LogP contribution in [-0.2, 0) is 14.3 Å². The molecule has 0 saturated heterocycles. The van der Waals surface area contributed by atoms with Crippen LogP contribution in [0, 0.1) is 5.41 Å². The van der Waals surface area contributed by atoms with Crippen LogP contribution in [0.4, 0.5) is 0 Å². The van der Waals surface area contributed by atoms with Gasteiger partial charge in [-0.25, -0.2) is 4.79 Å². The van der Waals surface area contributed by atoms with E-state index in [4.69, 9.17) is 19.7 Å². The first-order chi connectivity index (χ1) is 9.55. The Bertz CT molecular complexity index is 266. The highest BCUT2D eigenvalue weighted by Crippen LogP contribution is 2.20. The third kappa shape index (κ3) is 10.5. The van der Waals surface area contributed by atoms with Gasteiger partial charge < -0.3 is 19.7 Å². The minimum Gasteiger partial charge on any atom is -0.462 e. The monoisotopic (exact) mass is 286 g/mol. The van der Waals surface area contributed by atoms with E-state index in [1.807, 2.05) is 6.92 Å². The van der Waals surface area contributed by atoms with E-state index in [9.17, 15) is 4.79 Å². The predicted molar refractivity (Wildman–Crippen MR) is 79.3 cm³/mol. The van der Waals surface area contributed by atoms with Crippen LogP contribution in [0.2, 0.25) is 0 Å². The minimum atomic E-state index is -0.724. The summed E-state index contributed by atoms with van der Waals surface area (Å²) < 4.78 is 9.65. The molecule has 0 aromatic heterocycles. The van der Waals surface area contributed by atoms with Crippen molar-refractivity contribution in [2.24, 2.45) is 5.41 Å². The normalized spacial score (nSPS) is 9.95. The van der Waals surface area contributed by atoms with Crippen LogP contribution < -0.4 is 0 Å². The van der Waals surface area contributed by atoms with Crippen molar-refractivity contribution in [1.82, 2.24) is 0 Å². The maximum absolute atomic E-state index is 10.7. The zero-order valence-electron chi connectivity index (χ0n) is 12.2. The Labute approximate surface area is 121 Å². The summed E-state index contributed by atoms with van der Waals surface area (Å²) in [5, 5.41) is 18.0. The number of ether oxygens (including phenoxy) is 2. The lowest BCUT2D eigenvalue weighted by Crippen LogP contribution is -2.35. The Morgan fingerprint density at radius 1 is 1.15 bits per heavy atom. The second kappa shape index (κ2) is 14.0. The fraction of sp³-hybridized carbons (Fsp3) is 0.533. The minimum absolute atomic E-state index is 0.0152. The second-order valence-electron chi connectivity index (χ2n) is 4.10. The van der Waals surface area contributed by atoms with Gasteiger partial charge in [-0.05, 0) is 6.42 Å². The highest BCUT2D eigenvalue weighted by atomic mass is 16.5. The molecule has 0 bridgehead atoms. The van der Waals surface area contributed by atoms with Crippen LogP contribution >= 0.6 is 0 Å². The Kier molecular flexibility index (Phi) is 14.6. The summed E-state index contributed by atoms with van der Waals surface area (Å²) in [6.45, 7) is 12.8. The molecule has 0 heterocycles. The largest absolute Gasteiger partial charge is 0.462 e. The number of rotatable bonds is 10. The van der Waals surface area contributed by atoms with E-state index in [0.29, 0.717) is 19.6 Å². The summed E-state index contributed by atoms with van der Waals surface area (Å²) in [6.07, 6.45) is 5.02. The molecule has 0 atom stereocenters. The van der Waals surface area contributed by atoms with Crippen molar-refractivity contribution in [3.05, 3.63) is 38.0 Å². The van der Waals surface area contributed by atoms with E-state index in [-0.39, 0.29) is 19.8 Å². The SMILES string of the molecule is C=CC(=O)OCC(CC)(CO)CO.C=CCOCC=C. The summed E-state index contributed by atoms with van der Waals surface area (Å²) in [6, 6.07) is 0. The lowest BCUT2D eigenvalue weighted by molar-refractivity contribution is -0.143. The number of hydrogen-bond donors (Lipinski definition) is 2. The zero-order chi connectivity index (χ0) is 15.9. The van der Waals surface area contributed by atoms with Gasteiger partial charge in [0.1, 0.15) is 6.61 Å². The van der Waals surface area contributed by atoms with Gasteiger partial charge in [0.15, 0.2) is 0 Å². The van der Waals surface area contributed by atoms with Crippen LogP contribution in [0.15, 0.2) is 38.0 Å². The van der Waals surface area contributed by atoms with Gasteiger partial charge in [-0.3, -0.25) is 0 Å². The van der Waals surface area contributed by atoms with E-state index >= 15 is 0 Å². The molecular weight excluding hydrogens is 260 g/mol. The van der Waals surface area contributed by atoms with E-state index in [2.05, 4.69) is 19.7 Å². The summed E-state index contributed by atoms with van der Waals surface area (Å²) in [5.41, 5.74) is -0.724. The van der Waals surface area contributed by atoms with Crippen LogP contribution in [0.25, 0.3) is 0 Å². The molecule has 0 radical (unpaired) electrons. The Morgan fingerprint density at radius 2 is 1.65 bits per heavy atom. The van der Waals surface area contributed by atoms with Gasteiger partial charge in [-0.1, -0.05) is 25.7 Å². The molecule has 0 aliphatic carbocycles. The fourth-order valence-electron chi connectivity index (χ4n) is 0.985. The van der Waals surface area contributed by atoms with E-state index in [1.165, 1.54) is 0 Å². The molecule has 0 fully saturated rings. The number of aliphatic hydroxyl groups is 2. The predicted octanol–water partition coefficient (Wildman–Crippen LogP) is 1.47. The van der Waals surface area contributed by atoms with Crippen LogP contribution in [-0.4, -0.2) is 49.2 Å². The van der Waals surface area contributed by atoms with E-state index in [1.54, 1.807) is 12.2 Å². The van der Waals surface area contributed by atoms with Gasteiger partial charge >= 0.3 is 5.97 Å². The third-order valence-electron chi connectivity index (χ3n) is 2.58.